The van der Waals surface area contributed by atoms with Crippen molar-refractivity contribution in [3.05, 3.63) is 93.8 Å². The zero-order valence-electron chi connectivity index (χ0n) is 39.0. The van der Waals surface area contributed by atoms with E-state index in [4.69, 9.17) is 36.6 Å². The Morgan fingerprint density at radius 1 is 0.910 bits per heavy atom. The van der Waals surface area contributed by atoms with Crippen molar-refractivity contribution >= 4 is 29.5 Å². The molecule has 4 aromatic rings. The van der Waals surface area contributed by atoms with Crippen LogP contribution < -0.4 is 47.9 Å². The van der Waals surface area contributed by atoms with Crippen LogP contribution in [0.5, 0.6) is 11.5 Å². The molecule has 3 aromatic carbocycles. The van der Waals surface area contributed by atoms with Gasteiger partial charge in [0.25, 0.3) is 5.91 Å². The highest BCUT2D eigenvalue weighted by molar-refractivity contribution is 6.00. The molecule has 0 fully saturated rings. The molecular formula is C49H61N11O7. The molecule has 4 unspecified atom stereocenters. The molecule has 0 radical (unpaired) electrons. The third-order valence-corrected chi connectivity index (χ3v) is 12.2. The van der Waals surface area contributed by atoms with Crippen molar-refractivity contribution in [2.75, 3.05) is 46.4 Å². The number of carbonyl (C=O) groups is 5. The molecule has 354 valence electrons. The van der Waals surface area contributed by atoms with E-state index in [1.54, 1.807) is 50.2 Å². The molecule has 0 saturated heterocycles. The van der Waals surface area contributed by atoms with Gasteiger partial charge in [0.15, 0.2) is 5.82 Å². The smallest absolute Gasteiger partial charge is 0.255 e. The van der Waals surface area contributed by atoms with Crippen LogP contribution in [-0.4, -0.2) is 109 Å². The minimum absolute atomic E-state index is 0.00317. The first-order chi connectivity index (χ1) is 32.0. The van der Waals surface area contributed by atoms with Crippen molar-refractivity contribution < 1.29 is 33.4 Å². The normalized spacial score (nSPS) is 17.9. The summed E-state index contributed by atoms with van der Waals surface area (Å²) in [6.07, 6.45) is 2.01. The first kappa shape index (κ1) is 49.5. The van der Waals surface area contributed by atoms with Gasteiger partial charge in [-0.25, -0.2) is 9.97 Å². The van der Waals surface area contributed by atoms with Gasteiger partial charge in [-0.2, -0.15) is 5.26 Å². The molecule has 2 heterocycles. The third kappa shape index (κ3) is 11.2. The lowest BCUT2D eigenvalue weighted by Crippen LogP contribution is -2.56. The minimum Gasteiger partial charge on any atom is -0.492 e. The SMILES string of the molecule is Cc1nc(-c2ccc3c(c2)CCC3(C)C)nc(C)c1C(=O)NC(CCN)C(=O)N(C)C1C(=O)NC(C)C(=O)NC(C(=O)NCC#N)Cc2ccc(OCCN)c(c2)-c2cc1ccc2OCCN. The van der Waals surface area contributed by atoms with Gasteiger partial charge in [0.2, 0.25) is 23.6 Å². The Kier molecular flexibility index (Phi) is 15.9. The van der Waals surface area contributed by atoms with E-state index in [0.717, 1.165) is 18.4 Å². The average molecular weight is 916 g/mol. The molecule has 18 nitrogen and oxygen atoms in total. The number of carbonyl (C=O) groups excluding carboxylic acids is 5. The van der Waals surface area contributed by atoms with E-state index >= 15 is 0 Å². The Balaban J connectivity index is 1.38. The van der Waals surface area contributed by atoms with Gasteiger partial charge in [-0.1, -0.05) is 38.1 Å². The summed E-state index contributed by atoms with van der Waals surface area (Å²) in [4.78, 5) is 81.4. The Morgan fingerprint density at radius 2 is 1.57 bits per heavy atom. The third-order valence-electron chi connectivity index (χ3n) is 12.2. The van der Waals surface area contributed by atoms with E-state index in [0.29, 0.717) is 51.0 Å². The van der Waals surface area contributed by atoms with E-state index < -0.39 is 53.7 Å². The number of aromatic nitrogens is 2. The minimum atomic E-state index is -1.40. The average Bonchev–Trinajstić information content (AvgIpc) is 3.61. The number of nitrogens with zero attached hydrogens (tertiary/aromatic N) is 4. The highest BCUT2D eigenvalue weighted by atomic mass is 16.5. The summed E-state index contributed by atoms with van der Waals surface area (Å²) in [5, 5.41) is 20.0. The second kappa shape index (κ2) is 21.6. The van der Waals surface area contributed by atoms with Crippen LogP contribution in [0.2, 0.25) is 0 Å². The monoisotopic (exact) mass is 915 g/mol. The summed E-state index contributed by atoms with van der Waals surface area (Å²) in [6.45, 7) is 9.72. The fraction of sp³-hybridized carbons (Fsp3) is 0.429. The van der Waals surface area contributed by atoms with E-state index in [1.165, 1.54) is 30.0 Å². The first-order valence-corrected chi connectivity index (χ1v) is 22.5. The van der Waals surface area contributed by atoms with E-state index in [1.807, 2.05) is 12.1 Å². The fourth-order valence-electron chi connectivity index (χ4n) is 8.72. The zero-order chi connectivity index (χ0) is 48.6. The number of fused-ring (bicyclic) bond motifs is 6. The molecular weight excluding hydrogens is 855 g/mol. The Labute approximate surface area is 390 Å². The van der Waals surface area contributed by atoms with Gasteiger partial charge in [-0.05, 0) is 105 Å². The van der Waals surface area contributed by atoms with Crippen LogP contribution in [0.3, 0.4) is 0 Å². The molecule has 0 spiro atoms. The summed E-state index contributed by atoms with van der Waals surface area (Å²) < 4.78 is 12.2. The lowest BCUT2D eigenvalue weighted by Gasteiger charge is -2.32. The van der Waals surface area contributed by atoms with Gasteiger partial charge in [-0.15, -0.1) is 0 Å². The summed E-state index contributed by atoms with van der Waals surface area (Å²) in [6, 6.07) is 13.3. The number of ether oxygens (including phenoxy) is 2. The second-order valence-corrected chi connectivity index (χ2v) is 17.5. The summed E-state index contributed by atoms with van der Waals surface area (Å²) in [5.74, 6) is -2.06. The molecule has 1 aromatic heterocycles. The molecule has 4 atom stereocenters. The molecule has 1 aliphatic carbocycles. The number of likely N-dealkylation sites (N-methyl/N-ethyl adjacent to an activating group) is 1. The summed E-state index contributed by atoms with van der Waals surface area (Å²) in [5.41, 5.74) is 24.1. The molecule has 6 rings (SSSR count). The highest BCUT2D eigenvalue weighted by Crippen LogP contribution is 2.41. The van der Waals surface area contributed by atoms with Crippen LogP contribution in [0.1, 0.15) is 83.7 Å². The maximum Gasteiger partial charge on any atom is 0.255 e. The highest BCUT2D eigenvalue weighted by Gasteiger charge is 2.37. The Hall–Kier alpha value is -6.94. The van der Waals surface area contributed by atoms with Gasteiger partial charge >= 0.3 is 0 Å². The zero-order valence-corrected chi connectivity index (χ0v) is 39.0. The number of benzene rings is 3. The molecule has 18 heteroatoms. The molecule has 1 aliphatic heterocycles. The van der Waals surface area contributed by atoms with Crippen LogP contribution in [0.4, 0.5) is 0 Å². The van der Waals surface area contributed by atoms with Gasteiger partial charge in [0, 0.05) is 43.2 Å². The summed E-state index contributed by atoms with van der Waals surface area (Å²) >= 11 is 0. The Bertz CT molecular complexity index is 2550. The van der Waals surface area contributed by atoms with E-state index in [-0.39, 0.29) is 63.2 Å². The molecule has 67 heavy (non-hydrogen) atoms. The van der Waals surface area contributed by atoms with Crippen molar-refractivity contribution in [1.82, 2.24) is 36.1 Å². The topological polar surface area (TPSA) is 283 Å². The van der Waals surface area contributed by atoms with Crippen LogP contribution >= 0.6 is 0 Å². The number of amides is 5. The van der Waals surface area contributed by atoms with Gasteiger partial charge in [0.1, 0.15) is 55.4 Å². The lowest BCUT2D eigenvalue weighted by molar-refractivity contribution is -0.141. The molecule has 2 aliphatic rings. The van der Waals surface area contributed by atoms with Gasteiger partial charge in [0.05, 0.1) is 23.0 Å². The molecule has 4 bridgehead atoms. The van der Waals surface area contributed by atoms with Crippen molar-refractivity contribution in [3.63, 3.8) is 0 Å². The molecule has 0 saturated carbocycles. The maximum absolute atomic E-state index is 14.8. The standard InChI is InChI=1S/C49H61N11O7/c1-27-41(28(2)56-43(55-27)33-8-10-36-31(25-33)13-15-49(36,4)5)46(63)58-37(14-16-50)48(65)60(6)42-32-9-12-40(67-22-19-53)35(26-32)34-23-30(7-11-39(34)66-21-18-52)24-38(45(62)54-20-17-51)59-44(61)29(3)57-47(42)64/h7-12,23,25-26,29,37-38,42H,13-16,18-22,24,50,52-53H2,1-6H3,(H,54,62)(H,57,64)(H,58,63)(H,59,61). The number of rotatable bonds is 15. The van der Waals surface area contributed by atoms with Crippen molar-refractivity contribution in [2.45, 2.75) is 89.9 Å². The predicted octanol–water partition coefficient (Wildman–Crippen LogP) is 2.16. The number of nitrogens with two attached hydrogens (primary N) is 3. The molecule has 5 amide bonds. The number of nitriles is 1. The Morgan fingerprint density at radius 3 is 2.21 bits per heavy atom. The van der Waals surface area contributed by atoms with Crippen molar-refractivity contribution in [2.24, 2.45) is 17.2 Å². The predicted molar refractivity (Wildman–Crippen MR) is 252 cm³/mol. The quantitative estimate of drug-likeness (QED) is 0.0844. The maximum atomic E-state index is 14.8. The number of aryl methyl sites for hydroxylation is 3. The lowest BCUT2D eigenvalue weighted by atomic mass is 9.86. The first-order valence-electron chi connectivity index (χ1n) is 22.5. The van der Waals surface area contributed by atoms with Crippen LogP contribution in [0.15, 0.2) is 54.6 Å². The van der Waals surface area contributed by atoms with E-state index in [9.17, 15) is 29.2 Å². The van der Waals surface area contributed by atoms with Crippen molar-refractivity contribution in [1.29, 1.82) is 5.26 Å². The van der Waals surface area contributed by atoms with Crippen molar-refractivity contribution in [3.8, 4) is 40.1 Å². The number of hydrogen-bond acceptors (Lipinski definition) is 13. The number of hydrogen-bond donors (Lipinski definition) is 7. The van der Waals surface area contributed by atoms with Gasteiger partial charge in [-0.3, -0.25) is 24.0 Å². The second-order valence-electron chi connectivity index (χ2n) is 17.5. The van der Waals surface area contributed by atoms with Gasteiger partial charge < -0.3 is 52.8 Å². The number of nitrogens with one attached hydrogen (secondary N) is 4. The van der Waals surface area contributed by atoms with Crippen LogP contribution in [-0.2, 0) is 37.4 Å². The largest absolute Gasteiger partial charge is 0.492 e. The molecule has 10 N–H and O–H groups in total. The van der Waals surface area contributed by atoms with E-state index in [2.05, 4.69) is 47.2 Å². The fourth-order valence-corrected chi connectivity index (χ4v) is 8.72. The van der Waals surface area contributed by atoms with Crippen LogP contribution in [0.25, 0.3) is 22.5 Å². The van der Waals surface area contributed by atoms with Crippen LogP contribution in [0, 0.1) is 25.2 Å². The summed E-state index contributed by atoms with van der Waals surface area (Å²) in [7, 11) is 1.42.